The number of fused-ring (bicyclic) bond motifs is 1. The molecule has 20 heavy (non-hydrogen) atoms. The third-order valence-electron chi connectivity index (χ3n) is 4.83. The van der Waals surface area contributed by atoms with E-state index in [4.69, 9.17) is 0 Å². The highest BCUT2D eigenvalue weighted by Gasteiger charge is 2.35. The number of carbonyl (C=O) groups excluding carboxylic acids is 1. The zero-order chi connectivity index (χ0) is 14.3. The fourth-order valence-corrected chi connectivity index (χ4v) is 3.66. The zero-order valence-corrected chi connectivity index (χ0v) is 12.6. The van der Waals surface area contributed by atoms with Crippen molar-refractivity contribution in [2.24, 2.45) is 5.41 Å². The first kappa shape index (κ1) is 13.6. The fourth-order valence-electron chi connectivity index (χ4n) is 3.66. The van der Waals surface area contributed by atoms with Gasteiger partial charge in [0, 0.05) is 31.2 Å². The molecule has 3 heteroatoms. The van der Waals surface area contributed by atoms with E-state index < -0.39 is 0 Å². The molecule has 1 aromatic carbocycles. The first-order chi connectivity index (χ1) is 9.46. The van der Waals surface area contributed by atoms with Crippen LogP contribution in [0.4, 0.5) is 5.69 Å². The third kappa shape index (κ3) is 2.47. The normalized spacial score (nSPS) is 28.6. The van der Waals surface area contributed by atoms with E-state index in [2.05, 4.69) is 31.3 Å². The van der Waals surface area contributed by atoms with Crippen molar-refractivity contribution in [1.82, 2.24) is 5.32 Å². The largest absolute Gasteiger partial charge is 0.315 e. The number of amides is 1. The molecular weight excluding hydrogens is 248 g/mol. The van der Waals surface area contributed by atoms with Gasteiger partial charge < -0.3 is 10.2 Å². The second kappa shape index (κ2) is 4.88. The Morgan fingerprint density at radius 1 is 1.30 bits per heavy atom. The Balaban J connectivity index is 1.81. The van der Waals surface area contributed by atoms with Crippen LogP contribution in [-0.4, -0.2) is 19.0 Å². The molecule has 1 N–H and O–H groups in total. The summed E-state index contributed by atoms with van der Waals surface area (Å²) < 4.78 is 0. The van der Waals surface area contributed by atoms with E-state index in [1.807, 2.05) is 19.2 Å². The molecule has 1 fully saturated rings. The van der Waals surface area contributed by atoms with Crippen LogP contribution >= 0.6 is 0 Å². The number of nitrogens with one attached hydrogen (secondary N) is 1. The molecule has 1 amide bonds. The van der Waals surface area contributed by atoms with Crippen LogP contribution in [0.25, 0.3) is 0 Å². The molecule has 1 aromatic rings. The summed E-state index contributed by atoms with van der Waals surface area (Å²) in [6.07, 6.45) is 4.27. The number of hydrogen-bond acceptors (Lipinski definition) is 2. The van der Waals surface area contributed by atoms with Gasteiger partial charge in [-0.2, -0.15) is 0 Å². The Labute approximate surface area is 121 Å². The molecule has 0 aromatic heterocycles. The van der Waals surface area contributed by atoms with E-state index in [9.17, 15) is 4.79 Å². The number of hydrogen-bond donors (Lipinski definition) is 1. The van der Waals surface area contributed by atoms with Gasteiger partial charge in [-0.3, -0.25) is 4.79 Å². The Morgan fingerprint density at radius 3 is 2.75 bits per heavy atom. The molecule has 3 rings (SSSR count). The highest BCUT2D eigenvalue weighted by molar-refractivity contribution is 5.96. The van der Waals surface area contributed by atoms with Gasteiger partial charge in [0.15, 0.2) is 0 Å². The maximum Gasteiger partial charge on any atom is 0.228 e. The SMILES string of the molecule is CN1C(=O)CC(NC2CCC(C)(C)C2)c2ccccc21. The monoisotopic (exact) mass is 272 g/mol. The van der Waals surface area contributed by atoms with Gasteiger partial charge in [-0.15, -0.1) is 0 Å². The van der Waals surface area contributed by atoms with Crippen molar-refractivity contribution in [2.45, 2.75) is 51.6 Å². The zero-order valence-electron chi connectivity index (χ0n) is 12.6. The van der Waals surface area contributed by atoms with Crippen LogP contribution in [0.15, 0.2) is 24.3 Å². The Kier molecular flexibility index (Phi) is 3.33. The summed E-state index contributed by atoms with van der Waals surface area (Å²) in [7, 11) is 1.87. The third-order valence-corrected chi connectivity index (χ3v) is 4.83. The minimum Gasteiger partial charge on any atom is -0.315 e. The highest BCUT2D eigenvalue weighted by Crippen LogP contribution is 2.40. The van der Waals surface area contributed by atoms with Crippen LogP contribution in [0.1, 0.15) is 51.1 Å². The van der Waals surface area contributed by atoms with Gasteiger partial charge in [0.25, 0.3) is 0 Å². The highest BCUT2D eigenvalue weighted by atomic mass is 16.2. The smallest absolute Gasteiger partial charge is 0.228 e. The van der Waals surface area contributed by atoms with Crippen LogP contribution in [0.5, 0.6) is 0 Å². The summed E-state index contributed by atoms with van der Waals surface area (Å²) in [5.74, 6) is 0.207. The number of benzene rings is 1. The number of para-hydroxylation sites is 1. The molecule has 0 spiro atoms. The van der Waals surface area contributed by atoms with Gasteiger partial charge in [-0.05, 0) is 36.3 Å². The minimum absolute atomic E-state index is 0.175. The van der Waals surface area contributed by atoms with Crippen LogP contribution < -0.4 is 10.2 Å². The Hall–Kier alpha value is -1.35. The van der Waals surface area contributed by atoms with Crippen molar-refractivity contribution in [1.29, 1.82) is 0 Å². The number of carbonyl (C=O) groups is 1. The van der Waals surface area contributed by atoms with Crippen molar-refractivity contribution < 1.29 is 4.79 Å². The summed E-state index contributed by atoms with van der Waals surface area (Å²) in [6.45, 7) is 4.67. The summed E-state index contributed by atoms with van der Waals surface area (Å²) >= 11 is 0. The lowest BCUT2D eigenvalue weighted by Crippen LogP contribution is -2.40. The maximum absolute atomic E-state index is 12.2. The van der Waals surface area contributed by atoms with Crippen molar-refractivity contribution in [3.63, 3.8) is 0 Å². The van der Waals surface area contributed by atoms with E-state index >= 15 is 0 Å². The standard InChI is InChI=1S/C17H24N2O/c1-17(2)9-8-12(11-17)18-14-10-16(20)19(3)15-7-5-4-6-13(14)15/h4-7,12,14,18H,8-11H2,1-3H3. The van der Waals surface area contributed by atoms with Gasteiger partial charge in [-0.25, -0.2) is 0 Å². The lowest BCUT2D eigenvalue weighted by Gasteiger charge is -2.34. The van der Waals surface area contributed by atoms with Crippen molar-refractivity contribution in [3.8, 4) is 0 Å². The Bertz CT molecular complexity index is 523. The molecule has 2 aliphatic rings. The van der Waals surface area contributed by atoms with E-state index in [1.165, 1.54) is 24.8 Å². The molecule has 0 radical (unpaired) electrons. The summed E-state index contributed by atoms with van der Waals surface area (Å²) in [5, 5.41) is 3.73. The van der Waals surface area contributed by atoms with E-state index in [0.29, 0.717) is 17.9 Å². The van der Waals surface area contributed by atoms with Crippen LogP contribution in [0.2, 0.25) is 0 Å². The Morgan fingerprint density at radius 2 is 2.05 bits per heavy atom. The molecule has 2 atom stereocenters. The van der Waals surface area contributed by atoms with E-state index in [1.54, 1.807) is 4.90 Å². The molecule has 1 aliphatic carbocycles. The van der Waals surface area contributed by atoms with Crippen LogP contribution in [0, 0.1) is 5.41 Å². The van der Waals surface area contributed by atoms with E-state index in [0.717, 1.165) is 5.69 Å². The lowest BCUT2D eigenvalue weighted by molar-refractivity contribution is -0.119. The molecule has 1 saturated carbocycles. The van der Waals surface area contributed by atoms with E-state index in [-0.39, 0.29) is 11.9 Å². The second-order valence-corrected chi connectivity index (χ2v) is 7.04. The van der Waals surface area contributed by atoms with Gasteiger partial charge in [-0.1, -0.05) is 32.0 Å². The van der Waals surface area contributed by atoms with Gasteiger partial charge in [0.2, 0.25) is 5.91 Å². The molecule has 2 unspecified atom stereocenters. The molecular formula is C17H24N2O. The topological polar surface area (TPSA) is 32.3 Å². The molecule has 1 aliphatic heterocycles. The van der Waals surface area contributed by atoms with Gasteiger partial charge >= 0.3 is 0 Å². The lowest BCUT2D eigenvalue weighted by atomic mass is 9.91. The maximum atomic E-state index is 12.2. The first-order valence-corrected chi connectivity index (χ1v) is 7.58. The average Bonchev–Trinajstić information content (AvgIpc) is 2.75. The quantitative estimate of drug-likeness (QED) is 0.896. The van der Waals surface area contributed by atoms with Gasteiger partial charge in [0.1, 0.15) is 0 Å². The predicted octanol–water partition coefficient (Wildman–Crippen LogP) is 3.26. The number of anilines is 1. The predicted molar refractivity (Wildman–Crippen MR) is 81.8 cm³/mol. The first-order valence-electron chi connectivity index (χ1n) is 7.58. The van der Waals surface area contributed by atoms with Crippen molar-refractivity contribution in [2.75, 3.05) is 11.9 Å². The number of rotatable bonds is 2. The summed E-state index contributed by atoms with van der Waals surface area (Å²) in [6, 6.07) is 8.97. The second-order valence-electron chi connectivity index (χ2n) is 7.04. The molecule has 0 saturated heterocycles. The van der Waals surface area contributed by atoms with Crippen LogP contribution in [0.3, 0.4) is 0 Å². The summed E-state index contributed by atoms with van der Waals surface area (Å²) in [4.78, 5) is 13.9. The molecule has 1 heterocycles. The van der Waals surface area contributed by atoms with Crippen molar-refractivity contribution >= 4 is 11.6 Å². The molecule has 3 nitrogen and oxygen atoms in total. The van der Waals surface area contributed by atoms with Crippen LogP contribution in [-0.2, 0) is 4.79 Å². The molecule has 0 bridgehead atoms. The average molecular weight is 272 g/mol. The minimum atomic E-state index is 0.175. The van der Waals surface area contributed by atoms with Gasteiger partial charge in [0.05, 0.1) is 0 Å². The molecule has 108 valence electrons. The summed E-state index contributed by atoms with van der Waals surface area (Å²) in [5.41, 5.74) is 2.75. The van der Waals surface area contributed by atoms with Crippen molar-refractivity contribution in [3.05, 3.63) is 29.8 Å². The fraction of sp³-hybridized carbons (Fsp3) is 0.588. The number of nitrogens with zero attached hydrogens (tertiary/aromatic N) is 1.